The van der Waals surface area contributed by atoms with Crippen molar-refractivity contribution in [3.63, 3.8) is 0 Å². The Kier molecular flexibility index (Phi) is 6.66. The summed E-state index contributed by atoms with van der Waals surface area (Å²) in [7, 11) is 0. The molecule has 3 heterocycles. The minimum Gasteiger partial charge on any atom is -0.338 e. The number of aromatic nitrogens is 2. The molecule has 8 nitrogen and oxygen atoms in total. The molecule has 2 saturated heterocycles. The molecule has 0 saturated carbocycles. The highest BCUT2D eigenvalue weighted by Crippen LogP contribution is 2.29. The minimum atomic E-state index is -0.595. The van der Waals surface area contributed by atoms with Gasteiger partial charge in [-0.3, -0.25) is 9.48 Å². The fourth-order valence-electron chi connectivity index (χ4n) is 3.57. The minimum absolute atomic E-state index is 0. The van der Waals surface area contributed by atoms with Gasteiger partial charge < -0.3 is 20.4 Å². The molecule has 1 aromatic rings. The first-order valence-electron chi connectivity index (χ1n) is 8.70. The van der Waals surface area contributed by atoms with Gasteiger partial charge in [-0.1, -0.05) is 0 Å². The smallest absolute Gasteiger partial charge is 0.317 e. The van der Waals surface area contributed by atoms with Crippen LogP contribution in [-0.4, -0.2) is 77.3 Å². The first kappa shape index (κ1) is 19.5. The summed E-state index contributed by atoms with van der Waals surface area (Å²) < 4.78 is 1.83. The molecule has 0 spiro atoms. The Hall–Kier alpha value is -1.80. The van der Waals surface area contributed by atoms with Crippen LogP contribution >= 0.6 is 12.4 Å². The van der Waals surface area contributed by atoms with E-state index in [2.05, 4.69) is 15.7 Å². The number of urea groups is 1. The number of amides is 3. The summed E-state index contributed by atoms with van der Waals surface area (Å²) in [5, 5.41) is 10.5. The summed E-state index contributed by atoms with van der Waals surface area (Å²) in [4.78, 5) is 28.9. The van der Waals surface area contributed by atoms with E-state index in [0.29, 0.717) is 32.7 Å². The van der Waals surface area contributed by atoms with Crippen LogP contribution < -0.4 is 10.6 Å². The van der Waals surface area contributed by atoms with Crippen LogP contribution in [0.3, 0.4) is 0 Å². The Morgan fingerprint density at radius 1 is 1.16 bits per heavy atom. The number of piperazine rings is 1. The van der Waals surface area contributed by atoms with E-state index >= 15 is 0 Å². The molecule has 0 atom stereocenters. The quantitative estimate of drug-likeness (QED) is 0.799. The number of hydrogen-bond donors (Lipinski definition) is 2. The van der Waals surface area contributed by atoms with Crippen molar-refractivity contribution < 1.29 is 9.59 Å². The van der Waals surface area contributed by atoms with E-state index in [-0.39, 0.29) is 24.3 Å². The predicted octanol–water partition coefficient (Wildman–Crippen LogP) is 0.257. The van der Waals surface area contributed by atoms with Gasteiger partial charge >= 0.3 is 6.03 Å². The Balaban J connectivity index is 0.00000225. The monoisotopic (exact) mass is 370 g/mol. The lowest BCUT2D eigenvalue weighted by Gasteiger charge is -2.43. The number of nitrogens with zero attached hydrogens (tertiary/aromatic N) is 4. The molecule has 0 aliphatic carbocycles. The van der Waals surface area contributed by atoms with Crippen molar-refractivity contribution in [2.75, 3.05) is 45.8 Å². The average Bonchev–Trinajstić information content (AvgIpc) is 3.17. The molecule has 2 fully saturated rings. The van der Waals surface area contributed by atoms with Crippen LogP contribution in [0.1, 0.15) is 19.8 Å². The standard InChI is InChI=1S/C16H26N6O2.ClH/c1-2-18-15(24)21-12-10-20(11-13-21)14(23)16(4-7-17-8-5-16)22-9-3-6-19-22;/h3,6,9,17H,2,4-5,7-8,10-13H2,1H3,(H,18,24);1H. The highest BCUT2D eigenvalue weighted by atomic mass is 35.5. The molecule has 0 radical (unpaired) electrons. The second-order valence-corrected chi connectivity index (χ2v) is 6.35. The maximum absolute atomic E-state index is 13.3. The number of halogens is 1. The van der Waals surface area contributed by atoms with Gasteiger partial charge in [0, 0.05) is 45.1 Å². The SMILES string of the molecule is CCNC(=O)N1CCN(C(=O)C2(n3cccn3)CCNCC2)CC1.Cl. The Bertz CT molecular complexity index is 565. The highest BCUT2D eigenvalue weighted by molar-refractivity contribution is 5.85. The van der Waals surface area contributed by atoms with Crippen LogP contribution in [0.5, 0.6) is 0 Å². The van der Waals surface area contributed by atoms with E-state index in [1.165, 1.54) is 0 Å². The predicted molar refractivity (Wildman–Crippen MR) is 96.8 cm³/mol. The number of carbonyl (C=O) groups excluding carboxylic acids is 2. The van der Waals surface area contributed by atoms with Gasteiger partial charge in [0.25, 0.3) is 5.91 Å². The number of piperidine rings is 1. The van der Waals surface area contributed by atoms with Crippen molar-refractivity contribution in [1.29, 1.82) is 0 Å². The van der Waals surface area contributed by atoms with E-state index in [4.69, 9.17) is 0 Å². The van der Waals surface area contributed by atoms with Crippen LogP contribution in [0, 0.1) is 0 Å². The summed E-state index contributed by atoms with van der Waals surface area (Å²) in [5.74, 6) is 0.128. The van der Waals surface area contributed by atoms with Crippen molar-refractivity contribution in [2.45, 2.75) is 25.3 Å². The number of carbonyl (C=O) groups is 2. The van der Waals surface area contributed by atoms with Crippen LogP contribution in [-0.2, 0) is 10.3 Å². The number of rotatable bonds is 3. The fraction of sp³-hybridized carbons (Fsp3) is 0.688. The number of nitrogens with one attached hydrogen (secondary N) is 2. The summed E-state index contributed by atoms with van der Waals surface area (Å²) in [6, 6.07) is 1.82. The maximum Gasteiger partial charge on any atom is 0.317 e. The first-order valence-corrected chi connectivity index (χ1v) is 8.70. The normalized spacial score (nSPS) is 19.9. The van der Waals surface area contributed by atoms with Gasteiger partial charge in [0.15, 0.2) is 0 Å². The zero-order valence-electron chi connectivity index (χ0n) is 14.6. The third-order valence-electron chi connectivity index (χ3n) is 4.95. The topological polar surface area (TPSA) is 82.5 Å². The van der Waals surface area contributed by atoms with Gasteiger partial charge in [0.1, 0.15) is 5.54 Å². The first-order chi connectivity index (χ1) is 11.7. The van der Waals surface area contributed by atoms with E-state index in [1.807, 2.05) is 28.8 Å². The molecule has 2 aliphatic rings. The third-order valence-corrected chi connectivity index (χ3v) is 4.95. The molecule has 3 amide bonds. The van der Waals surface area contributed by atoms with Crippen molar-refractivity contribution in [3.8, 4) is 0 Å². The molecular formula is C16H27ClN6O2. The van der Waals surface area contributed by atoms with Crippen molar-refractivity contribution in [3.05, 3.63) is 18.5 Å². The molecule has 0 unspecified atom stereocenters. The molecular weight excluding hydrogens is 344 g/mol. The summed E-state index contributed by atoms with van der Waals surface area (Å²) in [6.45, 7) is 6.44. The van der Waals surface area contributed by atoms with E-state index in [9.17, 15) is 9.59 Å². The summed E-state index contributed by atoms with van der Waals surface area (Å²) in [6.07, 6.45) is 5.09. The summed E-state index contributed by atoms with van der Waals surface area (Å²) in [5.41, 5.74) is -0.595. The van der Waals surface area contributed by atoms with Crippen molar-refractivity contribution in [2.24, 2.45) is 0 Å². The van der Waals surface area contributed by atoms with E-state index in [1.54, 1.807) is 11.1 Å². The second-order valence-electron chi connectivity index (χ2n) is 6.35. The van der Waals surface area contributed by atoms with E-state index < -0.39 is 5.54 Å². The third kappa shape index (κ3) is 3.90. The van der Waals surface area contributed by atoms with E-state index in [0.717, 1.165) is 25.9 Å². The lowest BCUT2D eigenvalue weighted by Crippen LogP contribution is -2.60. The van der Waals surface area contributed by atoms with Crippen LogP contribution in [0.2, 0.25) is 0 Å². The maximum atomic E-state index is 13.3. The molecule has 3 rings (SSSR count). The molecule has 25 heavy (non-hydrogen) atoms. The van der Waals surface area contributed by atoms with Gasteiger partial charge in [0.2, 0.25) is 0 Å². The van der Waals surface area contributed by atoms with Gasteiger partial charge in [0.05, 0.1) is 0 Å². The van der Waals surface area contributed by atoms with Crippen LogP contribution in [0.15, 0.2) is 18.5 Å². The molecule has 1 aromatic heterocycles. The van der Waals surface area contributed by atoms with Gasteiger partial charge in [-0.05, 0) is 38.9 Å². The molecule has 0 bridgehead atoms. The highest BCUT2D eigenvalue weighted by Gasteiger charge is 2.45. The second kappa shape index (κ2) is 8.53. The Morgan fingerprint density at radius 3 is 2.36 bits per heavy atom. The largest absolute Gasteiger partial charge is 0.338 e. The lowest BCUT2D eigenvalue weighted by atomic mass is 9.86. The zero-order chi connectivity index (χ0) is 17.0. The number of hydrogen-bond acceptors (Lipinski definition) is 4. The van der Waals surface area contributed by atoms with Crippen molar-refractivity contribution in [1.82, 2.24) is 30.2 Å². The molecule has 9 heteroatoms. The molecule has 2 N–H and O–H groups in total. The average molecular weight is 371 g/mol. The fourth-order valence-corrected chi connectivity index (χ4v) is 3.57. The van der Waals surface area contributed by atoms with Crippen molar-refractivity contribution >= 4 is 24.3 Å². The zero-order valence-corrected chi connectivity index (χ0v) is 15.4. The Labute approximate surface area is 154 Å². The van der Waals surface area contributed by atoms with Gasteiger partial charge in [-0.15, -0.1) is 12.4 Å². The van der Waals surface area contributed by atoms with Gasteiger partial charge in [-0.25, -0.2) is 4.79 Å². The molecule has 0 aromatic carbocycles. The van der Waals surface area contributed by atoms with Crippen LogP contribution in [0.4, 0.5) is 4.79 Å². The van der Waals surface area contributed by atoms with Gasteiger partial charge in [-0.2, -0.15) is 5.10 Å². The summed E-state index contributed by atoms with van der Waals surface area (Å²) >= 11 is 0. The molecule has 140 valence electrons. The molecule has 2 aliphatic heterocycles. The Morgan fingerprint density at radius 2 is 1.80 bits per heavy atom. The lowest BCUT2D eigenvalue weighted by molar-refractivity contribution is -0.144. The van der Waals surface area contributed by atoms with Crippen LogP contribution in [0.25, 0.3) is 0 Å².